The van der Waals surface area contributed by atoms with Crippen LogP contribution in [0.2, 0.25) is 0 Å². The fourth-order valence-corrected chi connectivity index (χ4v) is 2.10. The first kappa shape index (κ1) is 16.1. The van der Waals surface area contributed by atoms with E-state index in [1.807, 2.05) is 36.4 Å². The summed E-state index contributed by atoms with van der Waals surface area (Å²) in [6.07, 6.45) is 3.17. The van der Waals surface area contributed by atoms with Crippen LogP contribution in [-0.4, -0.2) is 20.1 Å². The molecule has 114 valence electrons. The van der Waals surface area contributed by atoms with E-state index in [0.717, 1.165) is 15.7 Å². The van der Waals surface area contributed by atoms with E-state index >= 15 is 0 Å². The number of benzene rings is 2. The van der Waals surface area contributed by atoms with E-state index in [2.05, 4.69) is 21.2 Å². The van der Waals surface area contributed by atoms with Crippen molar-refractivity contribution < 1.29 is 14.3 Å². The highest BCUT2D eigenvalue weighted by molar-refractivity contribution is 9.10. The van der Waals surface area contributed by atoms with Crippen molar-refractivity contribution in [2.24, 2.45) is 0 Å². The largest absolute Gasteiger partial charge is 0.497 e. The van der Waals surface area contributed by atoms with E-state index in [9.17, 15) is 4.79 Å². The third kappa shape index (κ3) is 4.36. The number of ether oxygens (including phenoxy) is 2. The van der Waals surface area contributed by atoms with E-state index in [1.165, 1.54) is 6.08 Å². The number of anilines is 1. The Bertz CT molecular complexity index is 681. The molecule has 0 saturated heterocycles. The van der Waals surface area contributed by atoms with Crippen LogP contribution in [0.5, 0.6) is 11.5 Å². The molecule has 1 amide bonds. The number of halogens is 1. The van der Waals surface area contributed by atoms with E-state index in [-0.39, 0.29) is 5.91 Å². The molecule has 0 fully saturated rings. The van der Waals surface area contributed by atoms with Crippen LogP contribution in [-0.2, 0) is 4.79 Å². The van der Waals surface area contributed by atoms with Gasteiger partial charge in [0.15, 0.2) is 0 Å². The van der Waals surface area contributed by atoms with Gasteiger partial charge in [-0.15, -0.1) is 0 Å². The van der Waals surface area contributed by atoms with Gasteiger partial charge in [-0.1, -0.05) is 15.9 Å². The molecule has 0 aromatic heterocycles. The molecule has 0 atom stereocenters. The standard InChI is InChI=1S/C17H16BrNO3/c1-21-15-9-3-12(16(11-15)22-2)4-10-17(20)19-14-7-5-13(18)6-8-14/h3-11H,1-2H3,(H,19,20). The summed E-state index contributed by atoms with van der Waals surface area (Å²) >= 11 is 3.35. The molecule has 4 nitrogen and oxygen atoms in total. The predicted molar refractivity (Wildman–Crippen MR) is 91.4 cm³/mol. The van der Waals surface area contributed by atoms with Gasteiger partial charge in [-0.25, -0.2) is 0 Å². The first-order valence-corrected chi connectivity index (χ1v) is 7.38. The smallest absolute Gasteiger partial charge is 0.248 e. The lowest BCUT2D eigenvalue weighted by Crippen LogP contribution is -2.07. The van der Waals surface area contributed by atoms with Gasteiger partial charge < -0.3 is 14.8 Å². The van der Waals surface area contributed by atoms with Crippen molar-refractivity contribution in [3.05, 3.63) is 58.6 Å². The third-order valence-electron chi connectivity index (χ3n) is 2.97. The molecule has 0 radical (unpaired) electrons. The molecule has 0 spiro atoms. The van der Waals surface area contributed by atoms with Crippen LogP contribution in [0.15, 0.2) is 53.0 Å². The number of amides is 1. The molecular weight excluding hydrogens is 346 g/mol. The highest BCUT2D eigenvalue weighted by Crippen LogP contribution is 2.25. The Labute approximate surface area is 137 Å². The van der Waals surface area contributed by atoms with Gasteiger partial charge in [0.25, 0.3) is 0 Å². The van der Waals surface area contributed by atoms with Crippen LogP contribution >= 0.6 is 15.9 Å². The van der Waals surface area contributed by atoms with Crippen molar-refractivity contribution in [1.29, 1.82) is 0 Å². The molecule has 0 unspecified atom stereocenters. The zero-order valence-electron chi connectivity index (χ0n) is 12.3. The molecule has 0 saturated carbocycles. The summed E-state index contributed by atoms with van der Waals surface area (Å²) in [4.78, 5) is 11.9. The van der Waals surface area contributed by atoms with Gasteiger partial charge in [-0.2, -0.15) is 0 Å². The Morgan fingerprint density at radius 2 is 1.82 bits per heavy atom. The summed E-state index contributed by atoms with van der Waals surface area (Å²) in [6.45, 7) is 0. The minimum absolute atomic E-state index is 0.208. The minimum Gasteiger partial charge on any atom is -0.497 e. The highest BCUT2D eigenvalue weighted by Gasteiger charge is 2.03. The van der Waals surface area contributed by atoms with Crippen LogP contribution in [0.1, 0.15) is 5.56 Å². The molecular formula is C17H16BrNO3. The van der Waals surface area contributed by atoms with Gasteiger partial charge in [0.1, 0.15) is 11.5 Å². The lowest BCUT2D eigenvalue weighted by Gasteiger charge is -2.07. The number of hydrogen-bond donors (Lipinski definition) is 1. The Kier molecular flexibility index (Phi) is 5.61. The summed E-state index contributed by atoms with van der Waals surface area (Å²) in [5.74, 6) is 1.14. The van der Waals surface area contributed by atoms with Crippen molar-refractivity contribution in [2.75, 3.05) is 19.5 Å². The van der Waals surface area contributed by atoms with Gasteiger partial charge in [0.2, 0.25) is 5.91 Å². The van der Waals surface area contributed by atoms with Crippen molar-refractivity contribution in [2.45, 2.75) is 0 Å². The molecule has 0 bridgehead atoms. The van der Waals surface area contributed by atoms with Crippen molar-refractivity contribution in [3.8, 4) is 11.5 Å². The van der Waals surface area contributed by atoms with Crippen molar-refractivity contribution >= 4 is 33.6 Å². The van der Waals surface area contributed by atoms with Gasteiger partial charge in [-0.3, -0.25) is 4.79 Å². The monoisotopic (exact) mass is 361 g/mol. The predicted octanol–water partition coefficient (Wildman–Crippen LogP) is 4.12. The van der Waals surface area contributed by atoms with Crippen LogP contribution < -0.4 is 14.8 Å². The summed E-state index contributed by atoms with van der Waals surface area (Å²) in [7, 11) is 3.17. The molecule has 2 aromatic rings. The minimum atomic E-state index is -0.208. The molecule has 0 aliphatic rings. The topological polar surface area (TPSA) is 47.6 Å². The van der Waals surface area contributed by atoms with Gasteiger partial charge in [-0.05, 0) is 42.5 Å². The third-order valence-corrected chi connectivity index (χ3v) is 3.50. The average molecular weight is 362 g/mol. The average Bonchev–Trinajstić information content (AvgIpc) is 2.55. The van der Waals surface area contributed by atoms with Crippen molar-refractivity contribution in [3.63, 3.8) is 0 Å². The van der Waals surface area contributed by atoms with Crippen LogP contribution in [0, 0.1) is 0 Å². The number of carbonyl (C=O) groups excluding carboxylic acids is 1. The second kappa shape index (κ2) is 7.66. The van der Waals surface area contributed by atoms with E-state index in [0.29, 0.717) is 11.5 Å². The highest BCUT2D eigenvalue weighted by atomic mass is 79.9. The Morgan fingerprint density at radius 1 is 1.09 bits per heavy atom. The number of hydrogen-bond acceptors (Lipinski definition) is 3. The summed E-state index contributed by atoms with van der Waals surface area (Å²) in [5.41, 5.74) is 1.54. The van der Waals surface area contributed by atoms with Crippen LogP contribution in [0.25, 0.3) is 6.08 Å². The maximum atomic E-state index is 11.9. The SMILES string of the molecule is COc1ccc(C=CC(=O)Nc2ccc(Br)cc2)c(OC)c1. The van der Waals surface area contributed by atoms with Crippen LogP contribution in [0.4, 0.5) is 5.69 Å². The lowest BCUT2D eigenvalue weighted by atomic mass is 10.1. The fourth-order valence-electron chi connectivity index (χ4n) is 1.84. The first-order valence-electron chi connectivity index (χ1n) is 6.59. The fraction of sp³-hybridized carbons (Fsp3) is 0.118. The van der Waals surface area contributed by atoms with E-state index in [4.69, 9.17) is 9.47 Å². The quantitative estimate of drug-likeness (QED) is 0.814. The number of rotatable bonds is 5. The summed E-state index contributed by atoms with van der Waals surface area (Å²) < 4.78 is 11.4. The van der Waals surface area contributed by atoms with E-state index in [1.54, 1.807) is 26.4 Å². The molecule has 0 heterocycles. The second-order valence-corrected chi connectivity index (χ2v) is 5.35. The molecule has 0 aliphatic carbocycles. The Hall–Kier alpha value is -2.27. The van der Waals surface area contributed by atoms with Gasteiger partial charge in [0, 0.05) is 27.9 Å². The van der Waals surface area contributed by atoms with Gasteiger partial charge >= 0.3 is 0 Å². The summed E-state index contributed by atoms with van der Waals surface area (Å²) in [5, 5.41) is 2.79. The van der Waals surface area contributed by atoms with Crippen LogP contribution in [0.3, 0.4) is 0 Å². The second-order valence-electron chi connectivity index (χ2n) is 4.44. The molecule has 5 heteroatoms. The van der Waals surface area contributed by atoms with E-state index < -0.39 is 0 Å². The maximum absolute atomic E-state index is 11.9. The molecule has 1 N–H and O–H groups in total. The molecule has 2 rings (SSSR count). The Morgan fingerprint density at radius 3 is 2.45 bits per heavy atom. The normalized spacial score (nSPS) is 10.5. The zero-order valence-corrected chi connectivity index (χ0v) is 13.9. The maximum Gasteiger partial charge on any atom is 0.248 e. The molecule has 2 aromatic carbocycles. The molecule has 0 aliphatic heterocycles. The first-order chi connectivity index (χ1) is 10.6. The number of nitrogens with one attached hydrogen (secondary N) is 1. The number of methoxy groups -OCH3 is 2. The zero-order chi connectivity index (χ0) is 15.9. The Balaban J connectivity index is 2.07. The summed E-state index contributed by atoms with van der Waals surface area (Å²) in [6, 6.07) is 12.8. The number of carbonyl (C=O) groups is 1. The molecule has 22 heavy (non-hydrogen) atoms. The van der Waals surface area contributed by atoms with Gasteiger partial charge in [0.05, 0.1) is 14.2 Å². The van der Waals surface area contributed by atoms with Crippen molar-refractivity contribution in [1.82, 2.24) is 0 Å². The lowest BCUT2D eigenvalue weighted by molar-refractivity contribution is -0.111.